The lowest BCUT2D eigenvalue weighted by Gasteiger charge is -2.24. The minimum atomic E-state index is -0.508. The maximum absolute atomic E-state index is 14.1. The van der Waals surface area contributed by atoms with Crippen LogP contribution in [0.25, 0.3) is 0 Å². The molecule has 3 atom stereocenters. The summed E-state index contributed by atoms with van der Waals surface area (Å²) in [4.78, 5) is 11.8. The van der Waals surface area contributed by atoms with Crippen molar-refractivity contribution in [2.45, 2.75) is 38.6 Å². The molecule has 3 rings (SSSR count). The van der Waals surface area contributed by atoms with Crippen molar-refractivity contribution in [1.29, 1.82) is 0 Å². The van der Waals surface area contributed by atoms with Gasteiger partial charge in [-0.3, -0.25) is 0 Å². The predicted octanol–water partition coefficient (Wildman–Crippen LogP) is 3.19. The van der Waals surface area contributed by atoms with Gasteiger partial charge in [0.05, 0.1) is 17.9 Å². The van der Waals surface area contributed by atoms with Crippen LogP contribution < -0.4 is 11.1 Å². The second-order valence-corrected chi connectivity index (χ2v) is 6.07. The summed E-state index contributed by atoms with van der Waals surface area (Å²) in [5.74, 6) is 0.473. The molecule has 5 heteroatoms. The zero-order chi connectivity index (χ0) is 15.0. The summed E-state index contributed by atoms with van der Waals surface area (Å²) >= 11 is 0. The first-order valence-corrected chi connectivity index (χ1v) is 7.61. The highest BCUT2D eigenvalue weighted by atomic mass is 19.1. The Morgan fingerprint density at radius 3 is 2.86 bits per heavy atom. The van der Waals surface area contributed by atoms with Gasteiger partial charge in [-0.15, -0.1) is 0 Å². The summed E-state index contributed by atoms with van der Waals surface area (Å²) in [5.41, 5.74) is 6.41. The highest BCUT2D eigenvalue weighted by Crippen LogP contribution is 2.45. The van der Waals surface area contributed by atoms with Crippen LogP contribution in [0, 0.1) is 17.7 Å². The van der Waals surface area contributed by atoms with Gasteiger partial charge in [0.2, 0.25) is 0 Å². The fourth-order valence-electron chi connectivity index (χ4n) is 3.71. The molecule has 4 nitrogen and oxygen atoms in total. The van der Waals surface area contributed by atoms with E-state index in [-0.39, 0.29) is 17.9 Å². The molecule has 0 radical (unpaired) electrons. The van der Waals surface area contributed by atoms with Gasteiger partial charge < -0.3 is 15.8 Å². The van der Waals surface area contributed by atoms with Crippen molar-refractivity contribution in [2.75, 3.05) is 17.7 Å². The average molecular weight is 292 g/mol. The quantitative estimate of drug-likeness (QED) is 0.661. The Morgan fingerprint density at radius 1 is 1.43 bits per heavy atom. The van der Waals surface area contributed by atoms with Crippen LogP contribution in [-0.4, -0.2) is 18.6 Å². The number of halogens is 1. The maximum Gasteiger partial charge on any atom is 0.340 e. The van der Waals surface area contributed by atoms with Gasteiger partial charge in [-0.1, -0.05) is 6.42 Å². The topological polar surface area (TPSA) is 64.3 Å². The first kappa shape index (κ1) is 14.2. The van der Waals surface area contributed by atoms with E-state index < -0.39 is 11.8 Å². The molecule has 2 bridgehead atoms. The third-order valence-electron chi connectivity index (χ3n) is 4.71. The van der Waals surface area contributed by atoms with Crippen molar-refractivity contribution in [3.63, 3.8) is 0 Å². The zero-order valence-electron chi connectivity index (χ0n) is 12.2. The first-order valence-electron chi connectivity index (χ1n) is 7.61. The summed E-state index contributed by atoms with van der Waals surface area (Å²) in [7, 11) is 0. The van der Waals surface area contributed by atoms with Gasteiger partial charge in [-0.2, -0.15) is 0 Å². The van der Waals surface area contributed by atoms with Crippen LogP contribution in [0.5, 0.6) is 0 Å². The number of carbonyl (C=O) groups excluding carboxylic acids is 1. The predicted molar refractivity (Wildman–Crippen MR) is 79.6 cm³/mol. The fourth-order valence-corrected chi connectivity index (χ4v) is 3.71. The molecule has 114 valence electrons. The molecular formula is C16H21FN2O2. The molecule has 1 aromatic rings. The Bertz CT molecular complexity index is 561. The van der Waals surface area contributed by atoms with Crippen molar-refractivity contribution < 1.29 is 13.9 Å². The molecule has 0 saturated heterocycles. The second-order valence-electron chi connectivity index (χ2n) is 6.07. The number of hydrogen-bond donors (Lipinski definition) is 2. The number of anilines is 2. The van der Waals surface area contributed by atoms with Crippen LogP contribution in [0.15, 0.2) is 12.1 Å². The lowest BCUT2D eigenvalue weighted by atomic mass is 9.95. The SMILES string of the molecule is CCOC(=O)c1cc(NC2CC3CCC2C3)c(F)cc1N. The van der Waals surface area contributed by atoms with Crippen molar-refractivity contribution in [3.05, 3.63) is 23.5 Å². The van der Waals surface area contributed by atoms with Crippen LogP contribution >= 0.6 is 0 Å². The monoisotopic (exact) mass is 292 g/mol. The Hall–Kier alpha value is -1.78. The minimum absolute atomic E-state index is 0.115. The molecule has 0 heterocycles. The van der Waals surface area contributed by atoms with E-state index in [0.29, 0.717) is 17.6 Å². The minimum Gasteiger partial charge on any atom is -0.462 e. The van der Waals surface area contributed by atoms with Crippen LogP contribution in [0.4, 0.5) is 15.8 Å². The van der Waals surface area contributed by atoms with Gasteiger partial charge in [0.25, 0.3) is 0 Å². The summed E-state index contributed by atoms with van der Waals surface area (Å²) in [6, 6.07) is 2.98. The Kier molecular flexibility index (Phi) is 3.74. The summed E-state index contributed by atoms with van der Waals surface area (Å²) in [6.07, 6.45) is 4.83. The highest BCUT2D eigenvalue weighted by molar-refractivity contribution is 5.96. The van der Waals surface area contributed by atoms with Gasteiger partial charge in [0.1, 0.15) is 5.82 Å². The number of hydrogen-bond acceptors (Lipinski definition) is 4. The van der Waals surface area contributed by atoms with Crippen LogP contribution in [0.1, 0.15) is 43.0 Å². The molecule has 1 aromatic carbocycles. The molecule has 3 unspecified atom stereocenters. The third kappa shape index (κ3) is 2.69. The Labute approximate surface area is 123 Å². The van der Waals surface area contributed by atoms with Gasteiger partial charge in [0, 0.05) is 11.7 Å². The standard InChI is InChI=1S/C16H21FN2O2/c1-2-21-16(20)11-7-15(12(17)8-13(11)18)19-14-6-9-3-4-10(14)5-9/h7-10,14,19H,2-6,18H2,1H3. The number of benzene rings is 1. The fraction of sp³-hybridized carbons (Fsp3) is 0.562. The number of rotatable bonds is 4. The van der Waals surface area contributed by atoms with E-state index in [2.05, 4.69) is 5.32 Å². The first-order chi connectivity index (χ1) is 10.1. The summed E-state index contributed by atoms with van der Waals surface area (Å²) < 4.78 is 19.0. The molecule has 21 heavy (non-hydrogen) atoms. The third-order valence-corrected chi connectivity index (χ3v) is 4.71. The normalized spacial score (nSPS) is 26.9. The Balaban J connectivity index is 1.81. The van der Waals surface area contributed by atoms with Gasteiger partial charge >= 0.3 is 5.97 Å². The van der Waals surface area contributed by atoms with E-state index in [1.54, 1.807) is 6.92 Å². The summed E-state index contributed by atoms with van der Waals surface area (Å²) in [5, 5.41) is 3.27. The van der Waals surface area contributed by atoms with Gasteiger partial charge in [-0.05, 0) is 50.2 Å². The second kappa shape index (κ2) is 5.54. The number of fused-ring (bicyclic) bond motifs is 2. The maximum atomic E-state index is 14.1. The number of carbonyl (C=O) groups is 1. The smallest absolute Gasteiger partial charge is 0.340 e. The number of nitrogen functional groups attached to an aromatic ring is 1. The Morgan fingerprint density at radius 2 is 2.24 bits per heavy atom. The van der Waals surface area contributed by atoms with E-state index >= 15 is 0 Å². The van der Waals surface area contributed by atoms with Crippen LogP contribution in [-0.2, 0) is 4.74 Å². The molecule has 2 saturated carbocycles. The van der Waals surface area contributed by atoms with Crippen molar-refractivity contribution >= 4 is 17.3 Å². The van der Waals surface area contributed by atoms with E-state index in [9.17, 15) is 9.18 Å². The van der Waals surface area contributed by atoms with E-state index in [0.717, 1.165) is 12.3 Å². The van der Waals surface area contributed by atoms with E-state index in [1.165, 1.54) is 31.4 Å². The van der Waals surface area contributed by atoms with E-state index in [1.807, 2.05) is 0 Å². The lowest BCUT2D eigenvalue weighted by molar-refractivity contribution is 0.0527. The molecular weight excluding hydrogens is 271 g/mol. The average Bonchev–Trinajstić information content (AvgIpc) is 3.04. The van der Waals surface area contributed by atoms with Crippen molar-refractivity contribution in [1.82, 2.24) is 0 Å². The largest absolute Gasteiger partial charge is 0.462 e. The van der Waals surface area contributed by atoms with Crippen molar-refractivity contribution in [3.8, 4) is 0 Å². The number of esters is 1. The van der Waals surface area contributed by atoms with Gasteiger partial charge in [-0.25, -0.2) is 9.18 Å². The van der Waals surface area contributed by atoms with E-state index in [4.69, 9.17) is 10.5 Å². The molecule has 0 amide bonds. The van der Waals surface area contributed by atoms with Crippen LogP contribution in [0.2, 0.25) is 0 Å². The van der Waals surface area contributed by atoms with Crippen LogP contribution in [0.3, 0.4) is 0 Å². The molecule has 3 N–H and O–H groups in total. The lowest BCUT2D eigenvalue weighted by Crippen LogP contribution is -2.26. The molecule has 0 spiro atoms. The number of ether oxygens (including phenoxy) is 1. The molecule has 2 aliphatic carbocycles. The van der Waals surface area contributed by atoms with Crippen molar-refractivity contribution in [2.24, 2.45) is 11.8 Å². The zero-order valence-corrected chi connectivity index (χ0v) is 12.2. The molecule has 2 aliphatic rings. The highest BCUT2D eigenvalue weighted by Gasteiger charge is 2.39. The summed E-state index contributed by atoms with van der Waals surface area (Å²) in [6.45, 7) is 2.00. The molecule has 0 aliphatic heterocycles. The molecule has 2 fully saturated rings. The molecule has 0 aromatic heterocycles. The van der Waals surface area contributed by atoms with Gasteiger partial charge in [0.15, 0.2) is 0 Å². The number of nitrogens with one attached hydrogen (secondary N) is 1. The number of nitrogens with two attached hydrogens (primary N) is 1.